The van der Waals surface area contributed by atoms with Crippen LogP contribution in [0.3, 0.4) is 0 Å². The van der Waals surface area contributed by atoms with Crippen molar-refractivity contribution in [2.75, 3.05) is 0 Å². The number of rotatable bonds is 3. The maximum atomic E-state index is 12.5. The Morgan fingerprint density at radius 1 is 0.441 bits per heavy atom. The summed E-state index contributed by atoms with van der Waals surface area (Å²) in [6, 6.07) is 13.3. The molecule has 0 saturated heterocycles. The Kier molecular flexibility index (Phi) is 12.8. The summed E-state index contributed by atoms with van der Waals surface area (Å²) in [5, 5.41) is 0. The first-order chi connectivity index (χ1) is 15.0. The van der Waals surface area contributed by atoms with Crippen molar-refractivity contribution in [2.45, 2.75) is 14.7 Å². The minimum absolute atomic E-state index is 0. The summed E-state index contributed by atoms with van der Waals surface area (Å²) in [5.41, 5.74) is 0. The van der Waals surface area contributed by atoms with Crippen molar-refractivity contribution >= 4 is 30.4 Å². The predicted molar refractivity (Wildman–Crippen MR) is 103 cm³/mol. The topological polar surface area (TPSA) is 172 Å². The zero-order valence-corrected chi connectivity index (χ0v) is 22.6. The normalized spacial score (nSPS) is 11.1. The fourth-order valence-electron chi connectivity index (χ4n) is 1.94. The van der Waals surface area contributed by atoms with Gasteiger partial charge in [0.2, 0.25) is 0 Å². The van der Waals surface area contributed by atoms with Crippen LogP contribution in [0.2, 0.25) is 0 Å². The van der Waals surface area contributed by atoms with E-state index in [2.05, 4.69) is 0 Å². The molecule has 0 unspecified atom stereocenters. The largest absolute Gasteiger partial charge is 3.00 e. The van der Waals surface area contributed by atoms with Crippen molar-refractivity contribution in [3.63, 3.8) is 0 Å². The summed E-state index contributed by atoms with van der Waals surface area (Å²) in [6.45, 7) is 0. The summed E-state index contributed by atoms with van der Waals surface area (Å²) in [7, 11) is -14.0. The molecule has 0 amide bonds. The van der Waals surface area contributed by atoms with Crippen LogP contribution >= 0.6 is 0 Å². The summed E-state index contributed by atoms with van der Waals surface area (Å²) < 4.78 is 130. The SMILES string of the molecule is O=S(=O)([O-])c1ccccc1F.O=S(=O)([O-])c1ccccc1F.O=S(=O)([O-])c1ccccc1F.[La+3]. The van der Waals surface area contributed by atoms with E-state index in [9.17, 15) is 52.1 Å². The van der Waals surface area contributed by atoms with E-state index in [-0.39, 0.29) is 35.6 Å². The average molecular weight is 664 g/mol. The number of halogens is 3. The Morgan fingerprint density at radius 2 is 0.618 bits per heavy atom. The average Bonchev–Trinajstić information content (AvgIpc) is 2.67. The molecule has 0 heterocycles. The van der Waals surface area contributed by atoms with Crippen LogP contribution in [0, 0.1) is 53.1 Å². The zero-order valence-electron chi connectivity index (χ0n) is 16.5. The molecule has 0 bridgehead atoms. The number of hydrogen-bond donors (Lipinski definition) is 0. The van der Waals surface area contributed by atoms with E-state index in [4.69, 9.17) is 0 Å². The molecule has 0 atom stereocenters. The molecule has 3 rings (SSSR count). The second kappa shape index (κ2) is 13.5. The molecule has 0 aliphatic rings. The van der Waals surface area contributed by atoms with Gasteiger partial charge in [0, 0.05) is 0 Å². The third-order valence-corrected chi connectivity index (χ3v) is 5.93. The molecular weight excluding hydrogens is 652 g/mol. The van der Waals surface area contributed by atoms with Gasteiger partial charge in [-0.2, -0.15) is 0 Å². The minimum atomic E-state index is -4.66. The summed E-state index contributed by atoms with van der Waals surface area (Å²) >= 11 is 0. The molecule has 3 aromatic rings. The molecule has 0 radical (unpaired) electrons. The van der Waals surface area contributed by atoms with E-state index in [0.29, 0.717) is 0 Å². The Morgan fingerprint density at radius 3 is 0.735 bits per heavy atom. The Bertz CT molecular complexity index is 1250. The Hall–Kier alpha value is -1.63. The molecule has 0 aromatic heterocycles. The first-order valence-corrected chi connectivity index (χ1v) is 12.4. The van der Waals surface area contributed by atoms with E-state index < -0.39 is 62.5 Å². The maximum absolute atomic E-state index is 12.5. The van der Waals surface area contributed by atoms with Gasteiger partial charge in [0.1, 0.15) is 47.8 Å². The molecular formula is C18H12F3LaO9S3. The van der Waals surface area contributed by atoms with E-state index in [0.717, 1.165) is 36.4 Å². The van der Waals surface area contributed by atoms with Crippen LogP contribution in [0.5, 0.6) is 0 Å². The second-order valence-electron chi connectivity index (χ2n) is 5.65. The van der Waals surface area contributed by atoms with Crippen LogP contribution < -0.4 is 0 Å². The van der Waals surface area contributed by atoms with Crippen molar-refractivity contribution in [1.29, 1.82) is 0 Å². The van der Waals surface area contributed by atoms with Crippen LogP contribution in [0.15, 0.2) is 87.5 Å². The molecule has 0 aliphatic carbocycles. The quantitative estimate of drug-likeness (QED) is 0.381. The molecule has 0 saturated carbocycles. The van der Waals surface area contributed by atoms with Crippen molar-refractivity contribution in [3.8, 4) is 0 Å². The van der Waals surface area contributed by atoms with Gasteiger partial charge in [-0.25, -0.2) is 38.4 Å². The van der Waals surface area contributed by atoms with Gasteiger partial charge in [0.05, 0.1) is 14.7 Å². The number of benzene rings is 3. The van der Waals surface area contributed by atoms with Gasteiger partial charge < -0.3 is 13.7 Å². The maximum Gasteiger partial charge on any atom is 3.00 e. The van der Waals surface area contributed by atoms with Crippen molar-refractivity contribution in [2.24, 2.45) is 0 Å². The third kappa shape index (κ3) is 10.8. The van der Waals surface area contributed by atoms with Gasteiger partial charge in [-0.05, 0) is 36.4 Å². The molecule has 16 heteroatoms. The molecule has 3 aromatic carbocycles. The van der Waals surface area contributed by atoms with E-state index >= 15 is 0 Å². The summed E-state index contributed by atoms with van der Waals surface area (Å²) in [6.07, 6.45) is 0. The van der Waals surface area contributed by atoms with Crippen LogP contribution in [0.4, 0.5) is 13.2 Å². The predicted octanol–water partition coefficient (Wildman–Crippen LogP) is 2.19. The van der Waals surface area contributed by atoms with Gasteiger partial charge in [-0.1, -0.05) is 36.4 Å². The molecule has 0 spiro atoms. The molecule has 34 heavy (non-hydrogen) atoms. The van der Waals surface area contributed by atoms with Crippen molar-refractivity contribution in [3.05, 3.63) is 90.2 Å². The van der Waals surface area contributed by atoms with Gasteiger partial charge in [0.25, 0.3) is 0 Å². The summed E-state index contributed by atoms with van der Waals surface area (Å²) in [5.74, 6) is -3.03. The summed E-state index contributed by atoms with van der Waals surface area (Å²) in [4.78, 5) is -2.42. The number of hydrogen-bond acceptors (Lipinski definition) is 9. The van der Waals surface area contributed by atoms with Gasteiger partial charge in [-0.3, -0.25) is 0 Å². The van der Waals surface area contributed by atoms with Crippen molar-refractivity contribution in [1.82, 2.24) is 0 Å². The Balaban J connectivity index is 0.000000473. The van der Waals surface area contributed by atoms with Crippen LogP contribution in [0.1, 0.15) is 0 Å². The standard InChI is InChI=1S/3C6H5FO3S.La/c3*7-5-3-1-2-4-6(5)11(8,9)10;/h3*1-4H,(H,8,9,10);/q;;;+3/p-3. The molecule has 180 valence electrons. The molecule has 0 aliphatic heterocycles. The van der Waals surface area contributed by atoms with Gasteiger partial charge >= 0.3 is 35.6 Å². The van der Waals surface area contributed by atoms with Gasteiger partial charge in [-0.15, -0.1) is 0 Å². The molecule has 9 nitrogen and oxygen atoms in total. The minimum Gasteiger partial charge on any atom is -0.744 e. The van der Waals surface area contributed by atoms with E-state index in [1.165, 1.54) is 36.4 Å². The first kappa shape index (κ1) is 32.4. The zero-order chi connectivity index (χ0) is 25.4. The van der Waals surface area contributed by atoms with E-state index in [1.807, 2.05) is 0 Å². The van der Waals surface area contributed by atoms with Crippen molar-refractivity contribution < 1.29 is 87.7 Å². The Labute approximate surface area is 221 Å². The van der Waals surface area contributed by atoms with Gasteiger partial charge in [0.15, 0.2) is 0 Å². The monoisotopic (exact) mass is 664 g/mol. The molecule has 0 fully saturated rings. The van der Waals surface area contributed by atoms with E-state index in [1.54, 1.807) is 0 Å². The molecule has 0 N–H and O–H groups in total. The third-order valence-electron chi connectivity index (χ3n) is 3.32. The second-order valence-corrected chi connectivity index (χ2v) is 9.70. The fourth-order valence-corrected chi connectivity index (χ4v) is 3.60. The van der Waals surface area contributed by atoms with Crippen LogP contribution in [-0.4, -0.2) is 38.9 Å². The smallest absolute Gasteiger partial charge is 0.744 e. The van der Waals surface area contributed by atoms with Crippen LogP contribution in [0.25, 0.3) is 0 Å². The first-order valence-electron chi connectivity index (χ1n) is 8.16. The van der Waals surface area contributed by atoms with Crippen LogP contribution in [-0.2, 0) is 30.4 Å². The fraction of sp³-hybridized carbons (Fsp3) is 0.